The van der Waals surface area contributed by atoms with Crippen molar-refractivity contribution in [1.29, 1.82) is 0 Å². The maximum absolute atomic E-state index is 12.2. The Kier molecular flexibility index (Phi) is 6.03. The molecular formula is C23H21NO6S. The SMILES string of the molecule is O=C(NCC(O)C(O)c1ccsc1C(=O)O)OCC1c2ccccc2-c2ccccc21. The van der Waals surface area contributed by atoms with Crippen LogP contribution >= 0.6 is 11.3 Å². The van der Waals surface area contributed by atoms with Crippen LogP contribution in [0.25, 0.3) is 11.1 Å². The number of rotatable bonds is 7. The van der Waals surface area contributed by atoms with Crippen molar-refractivity contribution in [1.82, 2.24) is 5.32 Å². The molecule has 8 heteroatoms. The molecule has 31 heavy (non-hydrogen) atoms. The summed E-state index contributed by atoms with van der Waals surface area (Å²) in [5.41, 5.74) is 4.53. The molecule has 1 heterocycles. The molecule has 160 valence electrons. The minimum atomic E-state index is -1.44. The van der Waals surface area contributed by atoms with Crippen molar-refractivity contribution >= 4 is 23.4 Å². The van der Waals surface area contributed by atoms with Gasteiger partial charge in [-0.1, -0.05) is 48.5 Å². The molecule has 0 spiro atoms. The van der Waals surface area contributed by atoms with Crippen LogP contribution in [0.2, 0.25) is 0 Å². The molecule has 1 amide bonds. The molecular weight excluding hydrogens is 418 g/mol. The molecule has 1 aliphatic rings. The Hall–Kier alpha value is -3.20. The minimum absolute atomic E-state index is 0.0484. The van der Waals surface area contributed by atoms with Gasteiger partial charge in [0.15, 0.2) is 0 Å². The summed E-state index contributed by atoms with van der Waals surface area (Å²) in [6.07, 6.45) is -3.55. The van der Waals surface area contributed by atoms with E-state index in [4.69, 9.17) is 9.84 Å². The summed E-state index contributed by atoms with van der Waals surface area (Å²) in [6.45, 7) is -0.154. The number of thiophene rings is 1. The van der Waals surface area contributed by atoms with Gasteiger partial charge in [-0.3, -0.25) is 0 Å². The van der Waals surface area contributed by atoms with E-state index in [9.17, 15) is 19.8 Å². The predicted octanol–water partition coefficient (Wildman–Crippen LogP) is 3.38. The van der Waals surface area contributed by atoms with Crippen LogP contribution in [0.1, 0.15) is 38.4 Å². The Labute approximate surface area is 182 Å². The van der Waals surface area contributed by atoms with Crippen LogP contribution in [0.5, 0.6) is 0 Å². The van der Waals surface area contributed by atoms with Gasteiger partial charge in [-0.15, -0.1) is 11.3 Å². The van der Waals surface area contributed by atoms with E-state index in [1.165, 1.54) is 11.4 Å². The van der Waals surface area contributed by atoms with Crippen molar-refractivity contribution in [3.63, 3.8) is 0 Å². The maximum atomic E-state index is 12.2. The smallest absolute Gasteiger partial charge is 0.407 e. The van der Waals surface area contributed by atoms with Gasteiger partial charge >= 0.3 is 12.1 Å². The van der Waals surface area contributed by atoms with E-state index in [0.717, 1.165) is 33.6 Å². The summed E-state index contributed by atoms with van der Waals surface area (Å²) in [7, 11) is 0. The highest BCUT2D eigenvalue weighted by Gasteiger charge is 2.29. The standard InChI is InChI=1S/C23H21NO6S/c25-19(20(26)17-9-10-31-21(17)22(27)28)11-24-23(29)30-12-18-15-7-3-1-5-13(15)14-6-2-4-8-16(14)18/h1-10,18-20,25-26H,11-12H2,(H,24,29)(H,27,28). The van der Waals surface area contributed by atoms with Gasteiger partial charge in [0.05, 0.1) is 0 Å². The minimum Gasteiger partial charge on any atom is -0.477 e. The van der Waals surface area contributed by atoms with Crippen molar-refractivity contribution in [3.8, 4) is 11.1 Å². The zero-order valence-corrected chi connectivity index (χ0v) is 17.2. The first kappa shape index (κ1) is 21.0. The van der Waals surface area contributed by atoms with Crippen molar-refractivity contribution in [2.45, 2.75) is 18.1 Å². The third-order valence-electron chi connectivity index (χ3n) is 5.37. The summed E-state index contributed by atoms with van der Waals surface area (Å²) in [5.74, 6) is -1.27. The number of carbonyl (C=O) groups is 2. The third kappa shape index (κ3) is 4.18. The van der Waals surface area contributed by atoms with Crippen molar-refractivity contribution < 1.29 is 29.6 Å². The number of carbonyl (C=O) groups excluding carboxylic acids is 1. The van der Waals surface area contributed by atoms with Crippen LogP contribution in [0.15, 0.2) is 60.0 Å². The van der Waals surface area contributed by atoms with Crippen molar-refractivity contribution in [2.75, 3.05) is 13.2 Å². The second kappa shape index (κ2) is 8.89. The lowest BCUT2D eigenvalue weighted by Gasteiger charge is -2.19. The molecule has 0 bridgehead atoms. The number of carboxylic acids is 1. The summed E-state index contributed by atoms with van der Waals surface area (Å²) in [4.78, 5) is 23.3. The van der Waals surface area contributed by atoms with E-state index in [2.05, 4.69) is 5.32 Å². The number of nitrogens with one attached hydrogen (secondary N) is 1. The molecule has 0 aliphatic heterocycles. The Morgan fingerprint density at radius 1 is 1.00 bits per heavy atom. The Balaban J connectivity index is 1.35. The average Bonchev–Trinajstić information content (AvgIpc) is 3.39. The third-order valence-corrected chi connectivity index (χ3v) is 6.29. The van der Waals surface area contributed by atoms with E-state index in [0.29, 0.717) is 0 Å². The molecule has 1 aromatic heterocycles. The van der Waals surface area contributed by atoms with Crippen LogP contribution in [0, 0.1) is 0 Å². The number of hydrogen-bond acceptors (Lipinski definition) is 6. The number of aliphatic hydroxyl groups is 2. The van der Waals surface area contributed by atoms with Gasteiger partial charge in [0, 0.05) is 18.0 Å². The largest absolute Gasteiger partial charge is 0.477 e. The number of alkyl carbamates (subject to hydrolysis) is 1. The number of hydrogen-bond donors (Lipinski definition) is 4. The summed E-state index contributed by atoms with van der Waals surface area (Å²) < 4.78 is 5.39. The first-order chi connectivity index (χ1) is 15.0. The highest BCUT2D eigenvalue weighted by molar-refractivity contribution is 7.12. The molecule has 0 saturated heterocycles. The summed E-state index contributed by atoms with van der Waals surface area (Å²) in [6, 6.07) is 17.4. The second-order valence-electron chi connectivity index (χ2n) is 7.23. The number of benzene rings is 2. The fourth-order valence-corrected chi connectivity index (χ4v) is 4.66. The number of ether oxygens (including phenoxy) is 1. The monoisotopic (exact) mass is 439 g/mol. The number of amides is 1. The van der Waals surface area contributed by atoms with Crippen LogP contribution < -0.4 is 5.32 Å². The number of carboxylic acid groups (broad SMARTS) is 1. The fourth-order valence-electron chi connectivity index (χ4n) is 3.88. The predicted molar refractivity (Wildman–Crippen MR) is 115 cm³/mol. The summed E-state index contributed by atoms with van der Waals surface area (Å²) in [5, 5.41) is 33.5. The van der Waals surface area contributed by atoms with E-state index in [-0.39, 0.29) is 29.5 Å². The van der Waals surface area contributed by atoms with Crippen LogP contribution in [0.4, 0.5) is 4.79 Å². The number of fused-ring (bicyclic) bond motifs is 3. The number of aliphatic hydroxyl groups excluding tert-OH is 2. The lowest BCUT2D eigenvalue weighted by atomic mass is 9.98. The molecule has 0 fully saturated rings. The van der Waals surface area contributed by atoms with Crippen LogP contribution in [-0.4, -0.2) is 46.6 Å². The molecule has 2 unspecified atom stereocenters. The maximum Gasteiger partial charge on any atom is 0.407 e. The van der Waals surface area contributed by atoms with Crippen LogP contribution in [0.3, 0.4) is 0 Å². The molecule has 2 aromatic carbocycles. The first-order valence-corrected chi connectivity index (χ1v) is 10.6. The lowest BCUT2D eigenvalue weighted by molar-refractivity contribution is 0.0179. The Morgan fingerprint density at radius 2 is 1.61 bits per heavy atom. The van der Waals surface area contributed by atoms with Gasteiger partial charge in [-0.2, -0.15) is 0 Å². The van der Waals surface area contributed by atoms with Gasteiger partial charge in [-0.05, 0) is 33.7 Å². The Bertz CT molecular complexity index is 1070. The molecule has 4 N–H and O–H groups in total. The highest BCUT2D eigenvalue weighted by atomic mass is 32.1. The van der Waals surface area contributed by atoms with Gasteiger partial charge in [0.1, 0.15) is 23.7 Å². The molecule has 7 nitrogen and oxygen atoms in total. The average molecular weight is 439 g/mol. The molecule has 0 radical (unpaired) electrons. The molecule has 2 atom stereocenters. The van der Waals surface area contributed by atoms with E-state index < -0.39 is 24.3 Å². The van der Waals surface area contributed by atoms with Crippen molar-refractivity contribution in [3.05, 3.63) is 81.5 Å². The highest BCUT2D eigenvalue weighted by Crippen LogP contribution is 2.44. The van der Waals surface area contributed by atoms with Gasteiger partial charge < -0.3 is 25.4 Å². The molecule has 1 aliphatic carbocycles. The van der Waals surface area contributed by atoms with E-state index in [1.54, 1.807) is 0 Å². The normalized spacial score (nSPS) is 14.4. The second-order valence-corrected chi connectivity index (χ2v) is 8.14. The zero-order chi connectivity index (χ0) is 22.0. The fraction of sp³-hybridized carbons (Fsp3) is 0.217. The lowest BCUT2D eigenvalue weighted by Crippen LogP contribution is -2.36. The van der Waals surface area contributed by atoms with Crippen LogP contribution in [-0.2, 0) is 4.74 Å². The first-order valence-electron chi connectivity index (χ1n) is 9.73. The van der Waals surface area contributed by atoms with Gasteiger partial charge in [0.2, 0.25) is 0 Å². The van der Waals surface area contributed by atoms with E-state index >= 15 is 0 Å². The van der Waals surface area contributed by atoms with Crippen molar-refractivity contribution in [2.24, 2.45) is 0 Å². The quantitative estimate of drug-likeness (QED) is 0.449. The van der Waals surface area contributed by atoms with Gasteiger partial charge in [0.25, 0.3) is 0 Å². The topological polar surface area (TPSA) is 116 Å². The Morgan fingerprint density at radius 3 is 2.23 bits per heavy atom. The van der Waals surface area contributed by atoms with E-state index in [1.807, 2.05) is 48.5 Å². The molecule has 0 saturated carbocycles. The molecule has 3 aromatic rings. The molecule has 4 rings (SSSR count). The summed E-state index contributed by atoms with van der Waals surface area (Å²) >= 11 is 0.956. The zero-order valence-electron chi connectivity index (χ0n) is 16.4. The van der Waals surface area contributed by atoms with Gasteiger partial charge in [-0.25, -0.2) is 9.59 Å². The number of aromatic carboxylic acids is 1.